The molecule has 0 spiro atoms. The molecule has 1 rings (SSSR count). The zero-order chi connectivity index (χ0) is 8.27. The maximum Gasteiger partial charge on any atom is 1.00 e. The van der Waals surface area contributed by atoms with Crippen LogP contribution in [-0.4, -0.2) is 48.4 Å². The second kappa shape index (κ2) is 6.51. The average molecular weight is 194 g/mol. The van der Waals surface area contributed by atoms with Gasteiger partial charge in [-0.2, -0.15) is 6.41 Å². The molecule has 0 bridgehead atoms. The number of carbonyl (C=O) groups excluding carboxylic acids is 1. The van der Waals surface area contributed by atoms with E-state index < -0.39 is 0 Å². The van der Waals surface area contributed by atoms with Gasteiger partial charge >= 0.3 is 51.4 Å². The van der Waals surface area contributed by atoms with Gasteiger partial charge in [-0.25, -0.2) is 0 Å². The Balaban J connectivity index is 0.00000121. The van der Waals surface area contributed by atoms with Crippen LogP contribution in [0, 0.1) is 0 Å². The van der Waals surface area contributed by atoms with Crippen LogP contribution in [0.4, 0.5) is 0 Å². The van der Waals surface area contributed by atoms with Crippen LogP contribution >= 0.6 is 0 Å². The summed E-state index contributed by atoms with van der Waals surface area (Å²) in [5.41, 5.74) is 0. The molecule has 1 fully saturated rings. The molecule has 1 atom stereocenters. The Morgan fingerprint density at radius 1 is 1.50 bits per heavy atom. The van der Waals surface area contributed by atoms with Gasteiger partial charge in [-0.3, -0.25) is 0 Å². The Labute approximate surface area is 117 Å². The summed E-state index contributed by atoms with van der Waals surface area (Å²) in [5, 5.41) is 0. The molecule has 4 heteroatoms. The third-order valence-electron chi connectivity index (χ3n) is 2.28. The predicted molar refractivity (Wildman–Crippen MR) is 44.0 cm³/mol. The number of likely N-dealkylation sites (N-methyl/N-ethyl adjacent to an activating group) is 1. The molecule has 0 aliphatic carbocycles. The topological polar surface area (TPSA) is 23.6 Å². The smallest absolute Gasteiger partial charge is 0.520 e. The summed E-state index contributed by atoms with van der Waals surface area (Å²) in [4.78, 5) is 14.4. The summed E-state index contributed by atoms with van der Waals surface area (Å²) in [6.45, 7) is 8.11. The van der Waals surface area contributed by atoms with Crippen molar-refractivity contribution < 1.29 is 56.2 Å². The summed E-state index contributed by atoms with van der Waals surface area (Å²) < 4.78 is 0. The van der Waals surface area contributed by atoms with E-state index in [1.165, 1.54) is 0 Å². The first-order chi connectivity index (χ1) is 5.27. The molecule has 1 aliphatic rings. The van der Waals surface area contributed by atoms with E-state index in [9.17, 15) is 4.79 Å². The molecule has 1 aliphatic heterocycles. The third kappa shape index (κ3) is 3.44. The molecule has 1 heterocycles. The van der Waals surface area contributed by atoms with Crippen molar-refractivity contribution in [3.63, 3.8) is 0 Å². The summed E-state index contributed by atoms with van der Waals surface area (Å²) in [6.07, 6.45) is 1.95. The molecule has 0 aromatic carbocycles. The van der Waals surface area contributed by atoms with E-state index in [0.717, 1.165) is 26.2 Å². The number of piperazine rings is 1. The van der Waals surface area contributed by atoms with Gasteiger partial charge in [0.2, 0.25) is 0 Å². The van der Waals surface area contributed by atoms with Crippen molar-refractivity contribution >= 4 is 6.41 Å². The minimum atomic E-state index is 0. The zero-order valence-electron chi connectivity index (χ0n) is 8.21. The second-order valence-corrected chi connectivity index (χ2v) is 3.03. The first-order valence-corrected chi connectivity index (χ1v) is 4.14. The minimum absolute atomic E-state index is 0. The Bertz CT molecular complexity index is 143. The SMILES string of the molecule is CCN1CCN([C-]=O)C(C)C1.[K+]. The fourth-order valence-corrected chi connectivity index (χ4v) is 1.46. The van der Waals surface area contributed by atoms with Crippen molar-refractivity contribution in [2.24, 2.45) is 0 Å². The summed E-state index contributed by atoms with van der Waals surface area (Å²) in [6, 6.07) is 0.334. The maximum absolute atomic E-state index is 10.3. The Hall–Kier alpha value is 1.07. The minimum Gasteiger partial charge on any atom is -0.520 e. The van der Waals surface area contributed by atoms with Crippen molar-refractivity contribution in [1.82, 2.24) is 9.80 Å². The second-order valence-electron chi connectivity index (χ2n) is 3.03. The van der Waals surface area contributed by atoms with Crippen LogP contribution in [0.3, 0.4) is 0 Å². The van der Waals surface area contributed by atoms with Crippen LogP contribution in [0.5, 0.6) is 0 Å². The Morgan fingerprint density at radius 3 is 2.58 bits per heavy atom. The van der Waals surface area contributed by atoms with E-state index in [1.807, 2.05) is 6.41 Å². The van der Waals surface area contributed by atoms with Crippen LogP contribution in [0.1, 0.15) is 13.8 Å². The molecule has 0 N–H and O–H groups in total. The fraction of sp³-hybridized carbons (Fsp3) is 0.875. The molecular formula is C8H15KN2O. The zero-order valence-corrected chi connectivity index (χ0v) is 11.3. The van der Waals surface area contributed by atoms with Gasteiger partial charge < -0.3 is 14.6 Å². The van der Waals surface area contributed by atoms with Crippen LogP contribution < -0.4 is 51.4 Å². The largest absolute Gasteiger partial charge is 1.00 e. The molecule has 0 saturated carbocycles. The van der Waals surface area contributed by atoms with Crippen LogP contribution in [0.2, 0.25) is 0 Å². The van der Waals surface area contributed by atoms with E-state index >= 15 is 0 Å². The molecule has 1 amide bonds. The van der Waals surface area contributed by atoms with Gasteiger partial charge in [0.15, 0.2) is 0 Å². The quantitative estimate of drug-likeness (QED) is 0.347. The molecule has 1 saturated heterocycles. The van der Waals surface area contributed by atoms with Crippen molar-refractivity contribution in [3.8, 4) is 0 Å². The van der Waals surface area contributed by atoms with Gasteiger partial charge in [-0.05, 0) is 13.5 Å². The third-order valence-corrected chi connectivity index (χ3v) is 2.28. The van der Waals surface area contributed by atoms with Gasteiger partial charge in [-0.1, -0.05) is 6.92 Å². The molecule has 64 valence electrons. The normalized spacial score (nSPS) is 24.8. The van der Waals surface area contributed by atoms with Gasteiger partial charge in [0, 0.05) is 25.7 Å². The van der Waals surface area contributed by atoms with Gasteiger partial charge in [-0.15, -0.1) is 0 Å². The average Bonchev–Trinajstić information content (AvgIpc) is 2.04. The maximum atomic E-state index is 10.3. The number of nitrogens with zero attached hydrogens (tertiary/aromatic N) is 2. The Morgan fingerprint density at radius 2 is 2.17 bits per heavy atom. The number of hydrogen-bond donors (Lipinski definition) is 0. The van der Waals surface area contributed by atoms with Gasteiger partial charge in [0.1, 0.15) is 0 Å². The molecule has 3 nitrogen and oxygen atoms in total. The molecule has 12 heavy (non-hydrogen) atoms. The van der Waals surface area contributed by atoms with Crippen molar-refractivity contribution in [2.75, 3.05) is 26.2 Å². The molecule has 0 aromatic heterocycles. The molecule has 0 aromatic rings. The van der Waals surface area contributed by atoms with E-state index in [1.54, 1.807) is 4.90 Å². The number of hydrogen-bond acceptors (Lipinski definition) is 2. The predicted octanol–water partition coefficient (Wildman–Crippen LogP) is -2.92. The van der Waals surface area contributed by atoms with Crippen molar-refractivity contribution in [1.29, 1.82) is 0 Å². The standard InChI is InChI=1S/C8H15N2O.K/c1-3-9-4-5-10(7-11)8(2)6-9;/h8H,3-6H2,1-2H3;/q-1;+1. The molecular weight excluding hydrogens is 179 g/mol. The first kappa shape index (κ1) is 13.1. The van der Waals surface area contributed by atoms with E-state index in [0.29, 0.717) is 6.04 Å². The van der Waals surface area contributed by atoms with Gasteiger partial charge in [0.25, 0.3) is 0 Å². The van der Waals surface area contributed by atoms with E-state index in [4.69, 9.17) is 0 Å². The summed E-state index contributed by atoms with van der Waals surface area (Å²) in [7, 11) is 0. The number of rotatable bonds is 2. The van der Waals surface area contributed by atoms with E-state index in [2.05, 4.69) is 18.7 Å². The Kier molecular flexibility index (Phi) is 7.09. The number of amides is 1. The summed E-state index contributed by atoms with van der Waals surface area (Å²) in [5.74, 6) is 0. The monoisotopic (exact) mass is 194 g/mol. The first-order valence-electron chi connectivity index (χ1n) is 4.14. The summed E-state index contributed by atoms with van der Waals surface area (Å²) >= 11 is 0. The molecule has 1 unspecified atom stereocenters. The van der Waals surface area contributed by atoms with Gasteiger partial charge in [0.05, 0.1) is 0 Å². The van der Waals surface area contributed by atoms with Crippen LogP contribution in [0.15, 0.2) is 0 Å². The fourth-order valence-electron chi connectivity index (χ4n) is 1.46. The van der Waals surface area contributed by atoms with Crippen molar-refractivity contribution in [2.45, 2.75) is 19.9 Å². The van der Waals surface area contributed by atoms with E-state index in [-0.39, 0.29) is 51.4 Å². The van der Waals surface area contributed by atoms with Crippen LogP contribution in [0.25, 0.3) is 0 Å². The van der Waals surface area contributed by atoms with Crippen molar-refractivity contribution in [3.05, 3.63) is 0 Å². The van der Waals surface area contributed by atoms with Crippen LogP contribution in [-0.2, 0) is 4.79 Å². The molecule has 0 radical (unpaired) electrons.